The predicted molar refractivity (Wildman–Crippen MR) is 153 cm³/mol. The van der Waals surface area contributed by atoms with Gasteiger partial charge in [-0.3, -0.25) is 4.98 Å². The SMILES string of the molecule is [2H][C@](Nc1cc(Cl)c2ncc(C#N)c(NC3CCOCC3(C)C)c2c1)(c1cn(C2CC2)nn1)c1ccccc1Cl. The van der Waals surface area contributed by atoms with E-state index in [-0.39, 0.29) is 11.5 Å². The van der Waals surface area contributed by atoms with E-state index >= 15 is 0 Å². The maximum atomic E-state index is 9.98. The third kappa shape index (κ3) is 5.14. The van der Waals surface area contributed by atoms with E-state index in [0.717, 1.165) is 19.3 Å². The highest BCUT2D eigenvalue weighted by Gasteiger charge is 2.34. The summed E-state index contributed by atoms with van der Waals surface area (Å²) in [5.41, 5.74) is 2.99. The quantitative estimate of drug-likeness (QED) is 0.256. The Morgan fingerprint density at radius 2 is 2.03 bits per heavy atom. The van der Waals surface area contributed by atoms with Crippen molar-refractivity contribution >= 4 is 45.5 Å². The Labute approximate surface area is 238 Å². The van der Waals surface area contributed by atoms with Crippen molar-refractivity contribution < 1.29 is 6.11 Å². The number of halogens is 2. The lowest BCUT2D eigenvalue weighted by Gasteiger charge is -2.39. The third-order valence-corrected chi connectivity index (χ3v) is 8.05. The van der Waals surface area contributed by atoms with Crippen LogP contribution in [-0.2, 0) is 4.74 Å². The van der Waals surface area contributed by atoms with Crippen molar-refractivity contribution in [2.24, 2.45) is 5.41 Å². The molecule has 2 aromatic carbocycles. The van der Waals surface area contributed by atoms with Gasteiger partial charge >= 0.3 is 0 Å². The fourth-order valence-electron chi connectivity index (χ4n) is 5.03. The van der Waals surface area contributed by atoms with Crippen LogP contribution in [0.1, 0.15) is 63.4 Å². The molecule has 0 bridgehead atoms. The molecule has 2 atom stereocenters. The molecule has 1 aliphatic heterocycles. The van der Waals surface area contributed by atoms with E-state index in [1.807, 2.05) is 22.9 Å². The molecule has 6 rings (SSSR count). The molecule has 1 saturated carbocycles. The number of aromatic nitrogens is 4. The summed E-state index contributed by atoms with van der Waals surface area (Å²) in [6.45, 7) is 5.54. The molecule has 2 aromatic heterocycles. The van der Waals surface area contributed by atoms with Crippen molar-refractivity contribution in [3.05, 3.63) is 75.7 Å². The van der Waals surface area contributed by atoms with Gasteiger partial charge in [0, 0.05) is 40.4 Å². The maximum Gasteiger partial charge on any atom is 0.110 e. The first-order chi connectivity index (χ1) is 19.2. The number of nitrogens with zero attached hydrogens (tertiary/aromatic N) is 5. The number of benzene rings is 2. The van der Waals surface area contributed by atoms with Gasteiger partial charge in [0.05, 0.1) is 48.0 Å². The van der Waals surface area contributed by atoms with Gasteiger partial charge in [0.2, 0.25) is 0 Å². The molecule has 200 valence electrons. The summed E-state index contributed by atoms with van der Waals surface area (Å²) in [7, 11) is 0. The zero-order valence-corrected chi connectivity index (χ0v) is 23.2. The summed E-state index contributed by atoms with van der Waals surface area (Å²) in [6.07, 6.45) is 6.24. The van der Waals surface area contributed by atoms with Crippen LogP contribution in [0.25, 0.3) is 10.9 Å². The van der Waals surface area contributed by atoms with E-state index in [0.29, 0.717) is 68.4 Å². The van der Waals surface area contributed by atoms with Crippen LogP contribution in [0.2, 0.25) is 10.0 Å². The lowest BCUT2D eigenvalue weighted by Crippen LogP contribution is -2.44. The first-order valence-electron chi connectivity index (χ1n) is 13.5. The molecule has 10 heteroatoms. The minimum atomic E-state index is -1.57. The fourth-order valence-corrected chi connectivity index (χ4v) is 5.53. The van der Waals surface area contributed by atoms with Gasteiger partial charge in [-0.2, -0.15) is 5.26 Å². The second-order valence-electron chi connectivity index (χ2n) is 10.8. The van der Waals surface area contributed by atoms with Crippen LogP contribution in [-0.4, -0.2) is 39.2 Å². The Balaban J connectivity index is 1.47. The van der Waals surface area contributed by atoms with Gasteiger partial charge in [0.15, 0.2) is 0 Å². The second kappa shape index (κ2) is 10.3. The summed E-state index contributed by atoms with van der Waals surface area (Å²) in [6, 6.07) is 11.9. The molecular weight excluding hydrogens is 533 g/mol. The minimum Gasteiger partial charge on any atom is -0.381 e. The smallest absolute Gasteiger partial charge is 0.110 e. The molecule has 2 fully saturated rings. The molecule has 0 spiro atoms. The Kier molecular flexibility index (Phi) is 6.51. The van der Waals surface area contributed by atoms with Gasteiger partial charge in [0.1, 0.15) is 11.8 Å². The van der Waals surface area contributed by atoms with Crippen LogP contribution in [0.5, 0.6) is 0 Å². The Bertz CT molecular complexity index is 1630. The topological polar surface area (TPSA) is 101 Å². The van der Waals surface area contributed by atoms with Crippen molar-refractivity contribution in [3.63, 3.8) is 0 Å². The summed E-state index contributed by atoms with van der Waals surface area (Å²) < 4.78 is 17.2. The lowest BCUT2D eigenvalue weighted by atomic mass is 9.81. The molecule has 1 aliphatic carbocycles. The summed E-state index contributed by atoms with van der Waals surface area (Å²) in [4.78, 5) is 4.50. The molecule has 2 aliphatic rings. The van der Waals surface area contributed by atoms with Crippen molar-refractivity contribution in [1.29, 1.82) is 5.26 Å². The number of nitriles is 1. The average molecular weight is 564 g/mol. The van der Waals surface area contributed by atoms with E-state index in [1.165, 1.54) is 0 Å². The van der Waals surface area contributed by atoms with Crippen molar-refractivity contribution in [2.45, 2.75) is 51.2 Å². The molecule has 1 saturated heterocycles. The van der Waals surface area contributed by atoms with Crippen LogP contribution in [0.4, 0.5) is 11.4 Å². The number of anilines is 2. The van der Waals surface area contributed by atoms with Gasteiger partial charge in [-0.25, -0.2) is 4.68 Å². The van der Waals surface area contributed by atoms with Crippen LogP contribution in [0, 0.1) is 16.7 Å². The highest BCUT2D eigenvalue weighted by molar-refractivity contribution is 6.36. The van der Waals surface area contributed by atoms with E-state index in [2.05, 4.69) is 45.8 Å². The standard InChI is InChI=1S/C29H29Cl2N7O/c1-29(2)16-39-10-9-25(29)35-26-17(13-32)14-33-27-21(26)11-18(12-23(27)31)34-28(20-5-3-4-6-22(20)30)24-15-38(37-36-24)19-7-8-19/h3-6,11-12,14-15,19,25,28,34H,7-10,16H2,1-2H3,(H,33,35)/t25?,28-/m1/s1/i28D. The average Bonchev–Trinajstić information content (AvgIpc) is 3.65. The van der Waals surface area contributed by atoms with E-state index in [1.54, 1.807) is 30.6 Å². The Hall–Kier alpha value is -3.38. The maximum absolute atomic E-state index is 9.98. The lowest BCUT2D eigenvalue weighted by molar-refractivity contribution is 0.00350. The van der Waals surface area contributed by atoms with Gasteiger partial charge in [-0.05, 0) is 43.0 Å². The molecule has 1 unspecified atom stereocenters. The molecule has 0 radical (unpaired) electrons. The molecule has 39 heavy (non-hydrogen) atoms. The van der Waals surface area contributed by atoms with Gasteiger partial charge in [-0.1, -0.05) is 60.5 Å². The zero-order valence-electron chi connectivity index (χ0n) is 22.7. The third-order valence-electron chi connectivity index (χ3n) is 7.43. The summed E-state index contributed by atoms with van der Waals surface area (Å²) in [5.74, 6) is 0. The molecule has 3 heterocycles. The van der Waals surface area contributed by atoms with Crippen molar-refractivity contribution in [3.8, 4) is 6.07 Å². The van der Waals surface area contributed by atoms with Crippen LogP contribution >= 0.6 is 23.2 Å². The van der Waals surface area contributed by atoms with E-state index in [4.69, 9.17) is 27.9 Å². The first kappa shape index (κ1) is 24.6. The fraction of sp³-hybridized carbons (Fsp3) is 0.379. The van der Waals surface area contributed by atoms with Gasteiger partial charge < -0.3 is 15.4 Å². The normalized spacial score (nSPS) is 20.6. The largest absolute Gasteiger partial charge is 0.381 e. The Morgan fingerprint density at radius 1 is 1.21 bits per heavy atom. The molecule has 8 nitrogen and oxygen atoms in total. The number of pyridine rings is 1. The van der Waals surface area contributed by atoms with Crippen molar-refractivity contribution in [2.75, 3.05) is 23.8 Å². The van der Waals surface area contributed by atoms with Crippen LogP contribution < -0.4 is 10.6 Å². The second-order valence-corrected chi connectivity index (χ2v) is 11.6. The monoisotopic (exact) mass is 562 g/mol. The highest BCUT2D eigenvalue weighted by Crippen LogP contribution is 2.39. The Morgan fingerprint density at radius 3 is 2.77 bits per heavy atom. The van der Waals surface area contributed by atoms with Crippen LogP contribution in [0.3, 0.4) is 0 Å². The highest BCUT2D eigenvalue weighted by atomic mass is 35.5. The zero-order chi connectivity index (χ0) is 28.1. The molecule has 2 N–H and O–H groups in total. The predicted octanol–water partition coefficient (Wildman–Crippen LogP) is 6.77. The number of hydrogen-bond donors (Lipinski definition) is 2. The van der Waals surface area contributed by atoms with E-state index in [9.17, 15) is 6.63 Å². The van der Waals surface area contributed by atoms with Crippen LogP contribution in [0.15, 0.2) is 48.8 Å². The molecule has 0 amide bonds. The molecular formula is C29H29Cl2N7O. The summed E-state index contributed by atoms with van der Waals surface area (Å²) in [5, 5.41) is 27.1. The number of fused-ring (bicyclic) bond motifs is 1. The summed E-state index contributed by atoms with van der Waals surface area (Å²) >= 11 is 13.4. The first-order valence-corrected chi connectivity index (χ1v) is 13.8. The number of rotatable bonds is 7. The number of ether oxygens (including phenoxy) is 1. The number of hydrogen-bond acceptors (Lipinski definition) is 7. The van der Waals surface area contributed by atoms with Gasteiger partial charge in [0.25, 0.3) is 0 Å². The number of nitrogens with one attached hydrogen (secondary N) is 2. The van der Waals surface area contributed by atoms with Crippen molar-refractivity contribution in [1.82, 2.24) is 20.0 Å². The minimum absolute atomic E-state index is 0.0743. The van der Waals surface area contributed by atoms with E-state index < -0.39 is 6.02 Å². The molecule has 4 aromatic rings. The van der Waals surface area contributed by atoms with Gasteiger partial charge in [-0.15, -0.1) is 5.10 Å².